The third-order valence-corrected chi connectivity index (χ3v) is 4.93. The zero-order valence-electron chi connectivity index (χ0n) is 13.2. The summed E-state index contributed by atoms with van der Waals surface area (Å²) in [5, 5.41) is 0. The van der Waals surface area contributed by atoms with E-state index in [1.807, 2.05) is 0 Å². The highest BCUT2D eigenvalue weighted by Crippen LogP contribution is 2.36. The van der Waals surface area contributed by atoms with Crippen LogP contribution in [0.25, 0.3) is 0 Å². The van der Waals surface area contributed by atoms with Crippen LogP contribution in [0.5, 0.6) is 0 Å². The van der Waals surface area contributed by atoms with Gasteiger partial charge in [-0.15, -0.1) is 6.58 Å². The first-order chi connectivity index (χ1) is 10.8. The molecule has 1 heterocycles. The lowest BCUT2D eigenvalue weighted by Gasteiger charge is -2.40. The summed E-state index contributed by atoms with van der Waals surface area (Å²) < 4.78 is 0. The Bertz CT molecular complexity index is 580. The molecule has 1 aliphatic rings. The Labute approximate surface area is 134 Å². The summed E-state index contributed by atoms with van der Waals surface area (Å²) in [6.45, 7) is 7.53. The predicted octanol–water partition coefficient (Wildman–Crippen LogP) is 4.70. The number of hydrogen-bond donors (Lipinski definition) is 0. The Morgan fingerprint density at radius 2 is 1.41 bits per heavy atom. The molecule has 22 heavy (non-hydrogen) atoms. The molecule has 0 bridgehead atoms. The third kappa shape index (κ3) is 3.66. The fourth-order valence-corrected chi connectivity index (χ4v) is 3.45. The van der Waals surface area contributed by atoms with Crippen molar-refractivity contribution >= 4 is 0 Å². The number of rotatable bonds is 5. The fourth-order valence-electron chi connectivity index (χ4n) is 3.45. The summed E-state index contributed by atoms with van der Waals surface area (Å²) in [6, 6.07) is 21.6. The van der Waals surface area contributed by atoms with Gasteiger partial charge in [0.2, 0.25) is 0 Å². The van der Waals surface area contributed by atoms with Crippen LogP contribution in [0.4, 0.5) is 0 Å². The minimum Gasteiger partial charge on any atom is -0.299 e. The van der Waals surface area contributed by atoms with Crippen LogP contribution in [0.1, 0.15) is 24.0 Å². The lowest BCUT2D eigenvalue weighted by molar-refractivity contribution is 0.134. The van der Waals surface area contributed by atoms with E-state index < -0.39 is 0 Å². The minimum absolute atomic E-state index is 0.272. The molecule has 3 rings (SSSR count). The average Bonchev–Trinajstić information content (AvgIpc) is 2.59. The molecular weight excluding hydrogens is 266 g/mol. The molecule has 0 radical (unpaired) electrons. The Balaban J connectivity index is 1.60. The number of benzene rings is 2. The monoisotopic (exact) mass is 291 g/mol. The van der Waals surface area contributed by atoms with E-state index in [0.29, 0.717) is 0 Å². The lowest BCUT2D eigenvalue weighted by Crippen LogP contribution is -2.39. The van der Waals surface area contributed by atoms with Crippen LogP contribution in [-0.2, 0) is 13.0 Å². The van der Waals surface area contributed by atoms with E-state index in [1.54, 1.807) is 0 Å². The number of likely N-dealkylation sites (tertiary alicyclic amines) is 1. The topological polar surface area (TPSA) is 3.24 Å². The van der Waals surface area contributed by atoms with Gasteiger partial charge in [0, 0.05) is 6.54 Å². The first kappa shape index (κ1) is 15.1. The fraction of sp³-hybridized carbons (Fsp3) is 0.333. The number of allylic oxidation sites excluding steroid dienone is 1. The summed E-state index contributed by atoms with van der Waals surface area (Å²) in [4.78, 5) is 2.57. The molecule has 0 amide bonds. The lowest BCUT2D eigenvalue weighted by atomic mass is 9.74. The largest absolute Gasteiger partial charge is 0.299 e. The molecule has 0 aromatic heterocycles. The van der Waals surface area contributed by atoms with E-state index in [2.05, 4.69) is 78.2 Å². The van der Waals surface area contributed by atoms with Gasteiger partial charge in [-0.1, -0.05) is 66.7 Å². The second kappa shape index (κ2) is 6.93. The Kier molecular flexibility index (Phi) is 4.74. The number of hydrogen-bond acceptors (Lipinski definition) is 1. The summed E-state index contributed by atoms with van der Waals surface area (Å²) >= 11 is 0. The van der Waals surface area contributed by atoms with Crippen LogP contribution in [0, 0.1) is 5.41 Å². The van der Waals surface area contributed by atoms with Crippen molar-refractivity contribution in [3.63, 3.8) is 0 Å². The zero-order valence-corrected chi connectivity index (χ0v) is 13.2. The van der Waals surface area contributed by atoms with Crippen molar-refractivity contribution in [3.8, 4) is 0 Å². The highest BCUT2D eigenvalue weighted by atomic mass is 15.1. The number of piperidine rings is 1. The molecule has 2 aromatic rings. The first-order valence-corrected chi connectivity index (χ1v) is 8.23. The smallest absolute Gasteiger partial charge is 0.0233 e. The van der Waals surface area contributed by atoms with Crippen LogP contribution in [0.3, 0.4) is 0 Å². The maximum atomic E-state index is 4.14. The van der Waals surface area contributed by atoms with E-state index in [0.717, 1.165) is 26.1 Å². The van der Waals surface area contributed by atoms with Crippen molar-refractivity contribution in [2.45, 2.75) is 25.8 Å². The predicted molar refractivity (Wildman–Crippen MR) is 93.7 cm³/mol. The molecule has 0 N–H and O–H groups in total. The van der Waals surface area contributed by atoms with Crippen LogP contribution in [0.2, 0.25) is 0 Å². The van der Waals surface area contributed by atoms with Gasteiger partial charge in [-0.2, -0.15) is 0 Å². The van der Waals surface area contributed by atoms with Crippen LogP contribution in [0.15, 0.2) is 73.3 Å². The van der Waals surface area contributed by atoms with Crippen molar-refractivity contribution in [1.29, 1.82) is 0 Å². The number of nitrogens with zero attached hydrogens (tertiary/aromatic N) is 1. The first-order valence-electron chi connectivity index (χ1n) is 8.23. The molecule has 1 aliphatic heterocycles. The molecule has 1 heteroatoms. The SMILES string of the molecule is C=CC1(Cc2ccccc2)CCN(Cc2ccccc2)CC1. The zero-order chi connectivity index (χ0) is 15.3. The quantitative estimate of drug-likeness (QED) is 0.722. The van der Waals surface area contributed by atoms with E-state index in [-0.39, 0.29) is 5.41 Å². The summed E-state index contributed by atoms with van der Waals surface area (Å²) in [6.07, 6.45) is 5.74. The molecule has 1 fully saturated rings. The molecule has 0 spiro atoms. The van der Waals surface area contributed by atoms with Crippen LogP contribution < -0.4 is 0 Å². The maximum Gasteiger partial charge on any atom is 0.0233 e. The van der Waals surface area contributed by atoms with Crippen molar-refractivity contribution in [2.75, 3.05) is 13.1 Å². The van der Waals surface area contributed by atoms with Gasteiger partial charge < -0.3 is 0 Å². The van der Waals surface area contributed by atoms with Gasteiger partial charge in [-0.25, -0.2) is 0 Å². The van der Waals surface area contributed by atoms with Crippen LogP contribution >= 0.6 is 0 Å². The molecule has 0 aliphatic carbocycles. The Hall–Kier alpha value is -1.86. The van der Waals surface area contributed by atoms with Crippen molar-refractivity contribution < 1.29 is 0 Å². The minimum atomic E-state index is 0.272. The second-order valence-corrected chi connectivity index (χ2v) is 6.49. The molecule has 1 nitrogen and oxygen atoms in total. The van der Waals surface area contributed by atoms with Crippen molar-refractivity contribution in [2.24, 2.45) is 5.41 Å². The highest BCUT2D eigenvalue weighted by molar-refractivity contribution is 5.19. The average molecular weight is 291 g/mol. The van der Waals surface area contributed by atoms with Gasteiger partial charge in [0.05, 0.1) is 0 Å². The molecule has 114 valence electrons. The molecule has 0 atom stereocenters. The van der Waals surface area contributed by atoms with Gasteiger partial charge in [-0.3, -0.25) is 4.90 Å². The van der Waals surface area contributed by atoms with E-state index in [9.17, 15) is 0 Å². The normalized spacial score (nSPS) is 18.0. The van der Waals surface area contributed by atoms with Crippen molar-refractivity contribution in [1.82, 2.24) is 4.90 Å². The second-order valence-electron chi connectivity index (χ2n) is 6.49. The molecule has 0 unspecified atom stereocenters. The van der Waals surface area contributed by atoms with Crippen molar-refractivity contribution in [3.05, 3.63) is 84.4 Å². The van der Waals surface area contributed by atoms with E-state index in [1.165, 1.54) is 24.0 Å². The molecular formula is C21H25N. The molecule has 1 saturated heterocycles. The van der Waals surface area contributed by atoms with E-state index in [4.69, 9.17) is 0 Å². The summed E-state index contributed by atoms with van der Waals surface area (Å²) in [5.41, 5.74) is 3.12. The Morgan fingerprint density at radius 1 is 0.864 bits per heavy atom. The molecule has 2 aromatic carbocycles. The third-order valence-electron chi connectivity index (χ3n) is 4.93. The Morgan fingerprint density at radius 3 is 1.95 bits per heavy atom. The van der Waals surface area contributed by atoms with Gasteiger partial charge in [0.15, 0.2) is 0 Å². The van der Waals surface area contributed by atoms with Crippen LogP contribution in [-0.4, -0.2) is 18.0 Å². The van der Waals surface area contributed by atoms with Gasteiger partial charge >= 0.3 is 0 Å². The van der Waals surface area contributed by atoms with E-state index >= 15 is 0 Å². The summed E-state index contributed by atoms with van der Waals surface area (Å²) in [7, 11) is 0. The summed E-state index contributed by atoms with van der Waals surface area (Å²) in [5.74, 6) is 0. The van der Waals surface area contributed by atoms with Gasteiger partial charge in [0.1, 0.15) is 0 Å². The maximum absolute atomic E-state index is 4.14. The molecule has 0 saturated carbocycles. The highest BCUT2D eigenvalue weighted by Gasteiger charge is 2.31. The van der Waals surface area contributed by atoms with Gasteiger partial charge in [-0.05, 0) is 48.9 Å². The van der Waals surface area contributed by atoms with Gasteiger partial charge in [0.25, 0.3) is 0 Å². The standard InChI is InChI=1S/C21H25N/c1-2-21(17-19-9-5-3-6-10-19)13-15-22(16-14-21)18-20-11-7-4-8-12-20/h2-12H,1,13-18H2.